The number of benzene rings is 2. The Balaban J connectivity index is 2.15. The van der Waals surface area contributed by atoms with Crippen molar-refractivity contribution in [3.05, 3.63) is 58.7 Å². The van der Waals surface area contributed by atoms with Crippen LogP contribution in [0.3, 0.4) is 0 Å². The predicted octanol–water partition coefficient (Wildman–Crippen LogP) is 2.88. The third kappa shape index (κ3) is 2.04. The number of halogens is 1. The molecule has 100 valence electrons. The lowest BCUT2D eigenvalue weighted by Gasteiger charge is -2.08. The molecule has 0 unspecified atom stereocenters. The maximum atomic E-state index is 8.70. The number of fused-ring (bicyclic) bond motifs is 1. The van der Waals surface area contributed by atoms with E-state index in [1.165, 1.54) is 0 Å². The molecule has 0 fully saturated rings. The molecule has 0 aliphatic carbocycles. The first-order chi connectivity index (χ1) is 9.70. The Morgan fingerprint density at radius 3 is 2.80 bits per heavy atom. The van der Waals surface area contributed by atoms with Gasteiger partial charge in [-0.1, -0.05) is 23.4 Å². The van der Waals surface area contributed by atoms with E-state index >= 15 is 0 Å². The summed E-state index contributed by atoms with van der Waals surface area (Å²) in [6.45, 7) is 0. The normalized spacial score (nSPS) is 11.9. The molecule has 1 aromatic heterocycles. The molecule has 0 amide bonds. The fraction of sp³-hybridized carbons (Fsp3) is 0. The average Bonchev–Trinajstić information content (AvgIpc) is 2.90. The van der Waals surface area contributed by atoms with E-state index in [1.54, 1.807) is 12.1 Å². The second kappa shape index (κ2) is 4.97. The van der Waals surface area contributed by atoms with Crippen LogP contribution in [0.2, 0.25) is 0 Å². The highest BCUT2D eigenvalue weighted by molar-refractivity contribution is 9.10. The fourth-order valence-electron chi connectivity index (χ4n) is 2.06. The molecular formula is C14H11BrN4O. The Kier molecular flexibility index (Phi) is 3.15. The van der Waals surface area contributed by atoms with Crippen LogP contribution in [0.4, 0.5) is 0 Å². The van der Waals surface area contributed by atoms with Crippen molar-refractivity contribution in [3.63, 3.8) is 0 Å². The smallest absolute Gasteiger partial charge is 0.170 e. The maximum absolute atomic E-state index is 8.70. The van der Waals surface area contributed by atoms with Crippen LogP contribution >= 0.6 is 15.9 Å². The van der Waals surface area contributed by atoms with Gasteiger partial charge in [-0.3, -0.25) is 0 Å². The summed E-state index contributed by atoms with van der Waals surface area (Å²) in [5.41, 5.74) is 8.13. The number of rotatable bonds is 2. The van der Waals surface area contributed by atoms with Crippen molar-refractivity contribution < 1.29 is 5.21 Å². The average molecular weight is 331 g/mol. The standard InChI is InChI=1S/C14H11BrN4O/c15-11-7-9(14(16)18-20)5-6-13(11)19-12-4-2-1-3-10(12)8-17-19/h1-8,20H,(H2,16,18). The van der Waals surface area contributed by atoms with E-state index in [0.717, 1.165) is 21.1 Å². The van der Waals surface area contributed by atoms with Crippen molar-refractivity contribution >= 4 is 32.7 Å². The molecule has 3 N–H and O–H groups in total. The molecule has 2 aromatic carbocycles. The zero-order valence-corrected chi connectivity index (χ0v) is 11.9. The lowest BCUT2D eigenvalue weighted by molar-refractivity contribution is 0.318. The van der Waals surface area contributed by atoms with E-state index < -0.39 is 0 Å². The number of hydrogen-bond donors (Lipinski definition) is 2. The minimum Gasteiger partial charge on any atom is -0.409 e. The van der Waals surface area contributed by atoms with Gasteiger partial charge in [0.15, 0.2) is 5.84 Å². The van der Waals surface area contributed by atoms with Gasteiger partial charge in [0.2, 0.25) is 0 Å². The summed E-state index contributed by atoms with van der Waals surface area (Å²) in [6.07, 6.45) is 1.82. The van der Waals surface area contributed by atoms with E-state index in [0.29, 0.717) is 5.56 Å². The van der Waals surface area contributed by atoms with Crippen molar-refractivity contribution in [1.82, 2.24) is 9.78 Å². The molecule has 6 heteroatoms. The number of amidine groups is 1. The van der Waals surface area contributed by atoms with Gasteiger partial charge in [-0.25, -0.2) is 4.68 Å². The van der Waals surface area contributed by atoms with Crippen molar-refractivity contribution in [1.29, 1.82) is 0 Å². The molecule has 0 bridgehead atoms. The van der Waals surface area contributed by atoms with E-state index in [1.807, 2.05) is 41.2 Å². The van der Waals surface area contributed by atoms with Crippen molar-refractivity contribution in [2.45, 2.75) is 0 Å². The van der Waals surface area contributed by atoms with E-state index in [9.17, 15) is 0 Å². The van der Waals surface area contributed by atoms with E-state index in [2.05, 4.69) is 26.2 Å². The topological polar surface area (TPSA) is 76.4 Å². The SMILES string of the molecule is N/C(=N/O)c1ccc(-n2ncc3ccccc32)c(Br)c1. The van der Waals surface area contributed by atoms with Gasteiger partial charge in [-0.2, -0.15) is 5.10 Å². The molecule has 0 aliphatic heterocycles. The second-order valence-electron chi connectivity index (χ2n) is 4.27. The van der Waals surface area contributed by atoms with E-state index in [-0.39, 0.29) is 5.84 Å². The Morgan fingerprint density at radius 1 is 1.25 bits per heavy atom. The summed E-state index contributed by atoms with van der Waals surface area (Å²) in [5.74, 6) is 0.0718. The lowest BCUT2D eigenvalue weighted by Crippen LogP contribution is -2.13. The number of para-hydroxylation sites is 1. The van der Waals surface area contributed by atoms with Gasteiger partial charge in [0.25, 0.3) is 0 Å². The lowest BCUT2D eigenvalue weighted by atomic mass is 10.2. The molecule has 3 rings (SSSR count). The zero-order chi connectivity index (χ0) is 14.1. The summed E-state index contributed by atoms with van der Waals surface area (Å²) in [5, 5.41) is 17.2. The summed E-state index contributed by atoms with van der Waals surface area (Å²) in [7, 11) is 0. The maximum Gasteiger partial charge on any atom is 0.170 e. The van der Waals surface area contributed by atoms with Gasteiger partial charge in [0.1, 0.15) is 0 Å². The van der Waals surface area contributed by atoms with Crippen molar-refractivity contribution in [2.75, 3.05) is 0 Å². The fourth-order valence-corrected chi connectivity index (χ4v) is 2.61. The molecule has 0 spiro atoms. The molecule has 1 heterocycles. The van der Waals surface area contributed by atoms with Gasteiger partial charge in [0.05, 0.1) is 17.4 Å². The van der Waals surface area contributed by atoms with Crippen LogP contribution in [-0.2, 0) is 0 Å². The van der Waals surface area contributed by atoms with Gasteiger partial charge in [-0.15, -0.1) is 0 Å². The Hall–Kier alpha value is -2.34. The second-order valence-corrected chi connectivity index (χ2v) is 5.12. The molecule has 0 atom stereocenters. The van der Waals surface area contributed by atoms with Gasteiger partial charge >= 0.3 is 0 Å². The summed E-state index contributed by atoms with van der Waals surface area (Å²) in [6, 6.07) is 13.4. The highest BCUT2D eigenvalue weighted by Crippen LogP contribution is 2.25. The number of nitrogens with two attached hydrogens (primary N) is 1. The monoisotopic (exact) mass is 330 g/mol. The van der Waals surface area contributed by atoms with Crippen LogP contribution in [0, 0.1) is 0 Å². The summed E-state index contributed by atoms with van der Waals surface area (Å²) < 4.78 is 2.66. The predicted molar refractivity (Wildman–Crippen MR) is 81.3 cm³/mol. The van der Waals surface area contributed by atoms with Crippen LogP contribution < -0.4 is 5.73 Å². The molecule has 3 aromatic rings. The molecule has 0 saturated carbocycles. The number of hydrogen-bond acceptors (Lipinski definition) is 3. The molecule has 0 radical (unpaired) electrons. The van der Waals surface area contributed by atoms with Crippen LogP contribution in [0.25, 0.3) is 16.6 Å². The molecule has 0 aliphatic rings. The highest BCUT2D eigenvalue weighted by atomic mass is 79.9. The number of oxime groups is 1. The third-order valence-electron chi connectivity index (χ3n) is 3.06. The van der Waals surface area contributed by atoms with Crippen molar-refractivity contribution in [3.8, 4) is 5.69 Å². The van der Waals surface area contributed by atoms with Crippen LogP contribution in [0.5, 0.6) is 0 Å². The zero-order valence-electron chi connectivity index (χ0n) is 10.4. The first-order valence-electron chi connectivity index (χ1n) is 5.91. The van der Waals surface area contributed by atoms with Crippen LogP contribution in [0.1, 0.15) is 5.56 Å². The first-order valence-corrected chi connectivity index (χ1v) is 6.70. The molecule has 20 heavy (non-hydrogen) atoms. The van der Waals surface area contributed by atoms with E-state index in [4.69, 9.17) is 10.9 Å². The minimum absolute atomic E-state index is 0.0718. The molecule has 0 saturated heterocycles. The largest absolute Gasteiger partial charge is 0.409 e. The van der Waals surface area contributed by atoms with Gasteiger partial charge in [0, 0.05) is 15.4 Å². The number of aromatic nitrogens is 2. The molecule has 5 nitrogen and oxygen atoms in total. The van der Waals surface area contributed by atoms with Gasteiger partial charge in [-0.05, 0) is 40.2 Å². The third-order valence-corrected chi connectivity index (χ3v) is 3.69. The number of nitrogens with zero attached hydrogens (tertiary/aromatic N) is 3. The summed E-state index contributed by atoms with van der Waals surface area (Å²) >= 11 is 3.50. The quantitative estimate of drug-likeness (QED) is 0.328. The molecular weight excluding hydrogens is 320 g/mol. The first kappa shape index (κ1) is 12.7. The van der Waals surface area contributed by atoms with Crippen molar-refractivity contribution in [2.24, 2.45) is 10.9 Å². The summed E-state index contributed by atoms with van der Waals surface area (Å²) in [4.78, 5) is 0. The Morgan fingerprint density at radius 2 is 2.05 bits per heavy atom. The van der Waals surface area contributed by atoms with Gasteiger partial charge < -0.3 is 10.9 Å². The van der Waals surface area contributed by atoms with Crippen LogP contribution in [0.15, 0.2) is 58.3 Å². The Labute approximate surface area is 123 Å². The highest BCUT2D eigenvalue weighted by Gasteiger charge is 2.09. The minimum atomic E-state index is 0.0718. The Bertz CT molecular complexity index is 810. The van der Waals surface area contributed by atoms with Crippen LogP contribution in [-0.4, -0.2) is 20.8 Å².